The van der Waals surface area contributed by atoms with E-state index in [1.165, 1.54) is 0 Å². The van der Waals surface area contributed by atoms with Crippen LogP contribution in [0.1, 0.15) is 33.1 Å². The molecule has 0 aromatic heterocycles. The lowest BCUT2D eigenvalue weighted by molar-refractivity contribution is -0.154. The average molecular weight is 255 g/mol. The zero-order valence-electron chi connectivity index (χ0n) is 11.0. The van der Waals surface area contributed by atoms with Crippen LogP contribution >= 0.6 is 0 Å². The van der Waals surface area contributed by atoms with Crippen molar-refractivity contribution in [1.82, 2.24) is 5.32 Å². The van der Waals surface area contributed by atoms with Crippen molar-refractivity contribution < 1.29 is 19.4 Å². The Morgan fingerprint density at radius 2 is 1.89 bits per heavy atom. The topological polar surface area (TPSA) is 75.6 Å². The molecule has 0 aromatic rings. The van der Waals surface area contributed by atoms with Crippen LogP contribution in [0.15, 0.2) is 0 Å². The normalized spacial score (nSPS) is 28.4. The fourth-order valence-corrected chi connectivity index (χ4v) is 2.52. The van der Waals surface area contributed by atoms with Crippen molar-refractivity contribution >= 4 is 11.9 Å². The Morgan fingerprint density at radius 1 is 1.33 bits per heavy atom. The second-order valence-corrected chi connectivity index (χ2v) is 6.16. The SMILES string of the molecule is CC1(C)C[C@@H]1C(=O)NCC1(C(=O)O)CCOCC1. The van der Waals surface area contributed by atoms with Gasteiger partial charge in [0.15, 0.2) is 0 Å². The molecule has 1 atom stereocenters. The van der Waals surface area contributed by atoms with Crippen LogP contribution in [0.3, 0.4) is 0 Å². The van der Waals surface area contributed by atoms with Crippen molar-refractivity contribution in [2.75, 3.05) is 19.8 Å². The number of hydrogen-bond donors (Lipinski definition) is 2. The van der Waals surface area contributed by atoms with Crippen molar-refractivity contribution in [2.45, 2.75) is 33.1 Å². The van der Waals surface area contributed by atoms with E-state index in [2.05, 4.69) is 19.2 Å². The molecule has 0 bridgehead atoms. The van der Waals surface area contributed by atoms with Crippen molar-refractivity contribution in [2.24, 2.45) is 16.7 Å². The maximum Gasteiger partial charge on any atom is 0.311 e. The lowest BCUT2D eigenvalue weighted by Crippen LogP contribution is -2.47. The summed E-state index contributed by atoms with van der Waals surface area (Å²) in [7, 11) is 0. The molecule has 1 aliphatic carbocycles. The first kappa shape index (κ1) is 13.3. The Balaban J connectivity index is 1.90. The third-order valence-corrected chi connectivity index (χ3v) is 4.33. The molecule has 1 aliphatic heterocycles. The van der Waals surface area contributed by atoms with Crippen LogP contribution in [0.2, 0.25) is 0 Å². The zero-order valence-corrected chi connectivity index (χ0v) is 11.0. The van der Waals surface area contributed by atoms with E-state index in [-0.39, 0.29) is 23.8 Å². The molecule has 102 valence electrons. The summed E-state index contributed by atoms with van der Waals surface area (Å²) in [4.78, 5) is 23.3. The molecule has 2 fully saturated rings. The summed E-state index contributed by atoms with van der Waals surface area (Å²) in [5, 5.41) is 12.2. The molecule has 0 unspecified atom stereocenters. The first-order valence-corrected chi connectivity index (χ1v) is 6.46. The number of hydrogen-bond acceptors (Lipinski definition) is 3. The largest absolute Gasteiger partial charge is 0.481 e. The second-order valence-electron chi connectivity index (χ2n) is 6.16. The summed E-state index contributed by atoms with van der Waals surface area (Å²) in [6, 6.07) is 0. The molecule has 1 saturated heterocycles. The van der Waals surface area contributed by atoms with E-state index in [0.29, 0.717) is 26.1 Å². The number of carbonyl (C=O) groups is 2. The Hall–Kier alpha value is -1.10. The van der Waals surface area contributed by atoms with Gasteiger partial charge in [-0.25, -0.2) is 0 Å². The molecular weight excluding hydrogens is 234 g/mol. The molecule has 1 heterocycles. The van der Waals surface area contributed by atoms with Gasteiger partial charge in [0, 0.05) is 25.7 Å². The summed E-state index contributed by atoms with van der Waals surface area (Å²) in [5.74, 6) is -0.795. The van der Waals surface area contributed by atoms with Gasteiger partial charge in [0.25, 0.3) is 0 Å². The van der Waals surface area contributed by atoms with Crippen LogP contribution in [0.4, 0.5) is 0 Å². The third kappa shape index (κ3) is 2.51. The van der Waals surface area contributed by atoms with E-state index < -0.39 is 11.4 Å². The number of ether oxygens (including phenoxy) is 1. The first-order valence-electron chi connectivity index (χ1n) is 6.46. The summed E-state index contributed by atoms with van der Waals surface area (Å²) in [6.07, 6.45) is 1.83. The minimum atomic E-state index is -0.840. The zero-order chi connectivity index (χ0) is 13.4. The van der Waals surface area contributed by atoms with Gasteiger partial charge >= 0.3 is 5.97 Å². The van der Waals surface area contributed by atoms with Gasteiger partial charge in [0.1, 0.15) is 0 Å². The van der Waals surface area contributed by atoms with E-state index in [0.717, 1.165) is 6.42 Å². The Morgan fingerprint density at radius 3 is 2.33 bits per heavy atom. The fraction of sp³-hybridized carbons (Fsp3) is 0.846. The highest BCUT2D eigenvalue weighted by molar-refractivity contribution is 5.83. The molecule has 5 nitrogen and oxygen atoms in total. The van der Waals surface area contributed by atoms with Crippen LogP contribution in [-0.2, 0) is 14.3 Å². The summed E-state index contributed by atoms with van der Waals surface area (Å²) in [6.45, 7) is 5.24. The lowest BCUT2D eigenvalue weighted by atomic mass is 9.80. The molecule has 2 rings (SSSR count). The van der Waals surface area contributed by atoms with Gasteiger partial charge in [0.2, 0.25) is 5.91 Å². The first-order chi connectivity index (χ1) is 8.37. The van der Waals surface area contributed by atoms with Crippen LogP contribution in [0.5, 0.6) is 0 Å². The Bertz CT molecular complexity index is 358. The molecule has 1 saturated carbocycles. The minimum absolute atomic E-state index is 0.00730. The number of aliphatic carboxylic acids is 1. The lowest BCUT2D eigenvalue weighted by Gasteiger charge is -2.33. The third-order valence-electron chi connectivity index (χ3n) is 4.33. The number of carboxylic acid groups (broad SMARTS) is 1. The van der Waals surface area contributed by atoms with E-state index in [1.54, 1.807) is 0 Å². The van der Waals surface area contributed by atoms with Crippen LogP contribution in [-0.4, -0.2) is 36.7 Å². The molecule has 0 aromatic carbocycles. The van der Waals surface area contributed by atoms with E-state index >= 15 is 0 Å². The van der Waals surface area contributed by atoms with Crippen molar-refractivity contribution in [1.29, 1.82) is 0 Å². The van der Waals surface area contributed by atoms with Gasteiger partial charge < -0.3 is 15.2 Å². The minimum Gasteiger partial charge on any atom is -0.481 e. The Labute approximate surface area is 107 Å². The number of nitrogens with one attached hydrogen (secondary N) is 1. The number of rotatable bonds is 4. The molecule has 1 amide bonds. The molecule has 0 spiro atoms. The van der Waals surface area contributed by atoms with Crippen molar-refractivity contribution in [3.8, 4) is 0 Å². The van der Waals surface area contributed by atoms with Gasteiger partial charge in [-0.1, -0.05) is 13.8 Å². The molecular formula is C13H21NO4. The van der Waals surface area contributed by atoms with Gasteiger partial charge in [-0.2, -0.15) is 0 Å². The van der Waals surface area contributed by atoms with E-state index in [4.69, 9.17) is 4.74 Å². The van der Waals surface area contributed by atoms with Gasteiger partial charge in [-0.05, 0) is 24.7 Å². The maximum atomic E-state index is 11.9. The molecule has 5 heteroatoms. The fourth-order valence-electron chi connectivity index (χ4n) is 2.52. The van der Waals surface area contributed by atoms with Crippen molar-refractivity contribution in [3.05, 3.63) is 0 Å². The summed E-state index contributed by atoms with van der Waals surface area (Å²) >= 11 is 0. The second kappa shape index (κ2) is 4.53. The van der Waals surface area contributed by atoms with Crippen molar-refractivity contribution in [3.63, 3.8) is 0 Å². The highest BCUT2D eigenvalue weighted by atomic mass is 16.5. The number of amides is 1. The maximum absolute atomic E-state index is 11.9. The molecule has 0 radical (unpaired) electrons. The monoisotopic (exact) mass is 255 g/mol. The van der Waals surface area contributed by atoms with E-state index in [9.17, 15) is 14.7 Å². The molecule has 2 aliphatic rings. The smallest absolute Gasteiger partial charge is 0.311 e. The molecule has 2 N–H and O–H groups in total. The Kier molecular flexibility index (Phi) is 3.36. The summed E-state index contributed by atoms with van der Waals surface area (Å²) in [5.41, 5.74) is -0.761. The molecule has 18 heavy (non-hydrogen) atoms. The van der Waals surface area contributed by atoms with Crippen LogP contribution in [0.25, 0.3) is 0 Å². The predicted molar refractivity (Wildman–Crippen MR) is 65.0 cm³/mol. The number of carboxylic acids is 1. The van der Waals surface area contributed by atoms with Gasteiger partial charge in [-0.3, -0.25) is 9.59 Å². The average Bonchev–Trinajstić information content (AvgIpc) is 2.96. The van der Waals surface area contributed by atoms with Crippen LogP contribution < -0.4 is 5.32 Å². The van der Waals surface area contributed by atoms with Gasteiger partial charge in [-0.15, -0.1) is 0 Å². The van der Waals surface area contributed by atoms with E-state index in [1.807, 2.05) is 0 Å². The quantitative estimate of drug-likeness (QED) is 0.786. The predicted octanol–water partition coefficient (Wildman–Crippen LogP) is 1.03. The van der Waals surface area contributed by atoms with Crippen LogP contribution in [0, 0.1) is 16.7 Å². The standard InChI is InChI=1S/C13H21NO4/c1-12(2)7-9(12)10(15)14-8-13(11(16)17)3-5-18-6-4-13/h9H,3-8H2,1-2H3,(H,14,15)(H,16,17)/t9-/m1/s1. The number of carbonyl (C=O) groups excluding carboxylic acids is 1. The highest BCUT2D eigenvalue weighted by Gasteiger charge is 2.51. The highest BCUT2D eigenvalue weighted by Crippen LogP contribution is 2.51. The summed E-state index contributed by atoms with van der Waals surface area (Å²) < 4.78 is 5.20. The van der Waals surface area contributed by atoms with Gasteiger partial charge in [0.05, 0.1) is 5.41 Å².